The molecule has 1 N–H and O–H groups in total. The van der Waals surface area contributed by atoms with Gasteiger partial charge in [0.15, 0.2) is 11.3 Å². The van der Waals surface area contributed by atoms with Crippen LogP contribution in [0, 0.1) is 6.92 Å². The highest BCUT2D eigenvalue weighted by molar-refractivity contribution is 5.86. The Morgan fingerprint density at radius 3 is 2.69 bits per heavy atom. The van der Waals surface area contributed by atoms with Crippen molar-refractivity contribution in [3.63, 3.8) is 0 Å². The lowest BCUT2D eigenvalue weighted by molar-refractivity contribution is -0.946. The van der Waals surface area contributed by atoms with Gasteiger partial charge in [0.05, 0.1) is 11.8 Å². The molecular formula is C24H22NO4+. The first-order chi connectivity index (χ1) is 14.2. The Kier molecular flexibility index (Phi) is 4.45. The highest BCUT2D eigenvalue weighted by atomic mass is 16.5. The smallest absolute Gasteiger partial charge is 0.340 e. The minimum atomic E-state index is -0.273. The van der Waals surface area contributed by atoms with E-state index in [1.54, 1.807) is 6.26 Å². The van der Waals surface area contributed by atoms with Crippen LogP contribution in [-0.2, 0) is 19.5 Å². The fraction of sp³-hybridized carbons (Fsp3) is 0.208. The maximum atomic E-state index is 12.9. The Morgan fingerprint density at radius 1 is 1.03 bits per heavy atom. The third kappa shape index (κ3) is 3.34. The number of fused-ring (bicyclic) bond motifs is 3. The zero-order valence-electron chi connectivity index (χ0n) is 16.2. The molecular weight excluding hydrogens is 366 g/mol. The molecule has 1 unspecified atom stereocenters. The van der Waals surface area contributed by atoms with Crippen LogP contribution < -0.4 is 15.3 Å². The lowest BCUT2D eigenvalue weighted by Crippen LogP contribution is -3.10. The Morgan fingerprint density at radius 2 is 1.90 bits per heavy atom. The molecule has 5 heteroatoms. The van der Waals surface area contributed by atoms with Gasteiger partial charge in [0.2, 0.25) is 6.73 Å². The summed E-state index contributed by atoms with van der Waals surface area (Å²) in [6, 6.07) is 17.8. The summed E-state index contributed by atoms with van der Waals surface area (Å²) in [6.45, 7) is 3.99. The van der Waals surface area contributed by atoms with E-state index in [0.29, 0.717) is 30.8 Å². The van der Waals surface area contributed by atoms with Crippen molar-refractivity contribution in [2.45, 2.75) is 26.4 Å². The normalized spacial score (nSPS) is 15.8. The van der Waals surface area contributed by atoms with Crippen molar-refractivity contribution in [3.05, 3.63) is 99.3 Å². The first kappa shape index (κ1) is 17.8. The van der Waals surface area contributed by atoms with Crippen LogP contribution >= 0.6 is 0 Å². The van der Waals surface area contributed by atoms with Gasteiger partial charge in [-0.1, -0.05) is 30.3 Å². The van der Waals surface area contributed by atoms with E-state index in [2.05, 4.69) is 0 Å². The largest absolute Gasteiger partial charge is 0.463 e. The number of aryl methyl sites for hydroxylation is 1. The van der Waals surface area contributed by atoms with Gasteiger partial charge in [0.1, 0.15) is 18.8 Å². The van der Waals surface area contributed by atoms with E-state index in [1.807, 2.05) is 61.5 Å². The summed E-state index contributed by atoms with van der Waals surface area (Å²) in [4.78, 5) is 14.1. The van der Waals surface area contributed by atoms with Gasteiger partial charge >= 0.3 is 5.63 Å². The summed E-state index contributed by atoms with van der Waals surface area (Å²) in [5.41, 5.74) is 4.09. The van der Waals surface area contributed by atoms with Crippen LogP contribution in [0.3, 0.4) is 0 Å². The predicted octanol–water partition coefficient (Wildman–Crippen LogP) is 3.22. The first-order valence-electron chi connectivity index (χ1n) is 9.80. The number of ether oxygens (including phenoxy) is 1. The molecule has 2 aromatic heterocycles. The third-order valence-corrected chi connectivity index (χ3v) is 5.60. The second-order valence-corrected chi connectivity index (χ2v) is 7.55. The van der Waals surface area contributed by atoms with Crippen molar-refractivity contribution in [1.29, 1.82) is 0 Å². The van der Waals surface area contributed by atoms with Gasteiger partial charge in [-0.15, -0.1) is 0 Å². The second-order valence-electron chi connectivity index (χ2n) is 7.55. The monoisotopic (exact) mass is 388 g/mol. The maximum absolute atomic E-state index is 12.9. The van der Waals surface area contributed by atoms with E-state index in [1.165, 1.54) is 4.90 Å². The molecule has 146 valence electrons. The summed E-state index contributed by atoms with van der Waals surface area (Å²) < 4.78 is 17.3. The summed E-state index contributed by atoms with van der Waals surface area (Å²) in [5, 5.41) is 0.970. The second kappa shape index (κ2) is 7.26. The van der Waals surface area contributed by atoms with Crippen molar-refractivity contribution < 1.29 is 18.5 Å². The van der Waals surface area contributed by atoms with Crippen molar-refractivity contribution in [2.75, 3.05) is 6.73 Å². The fourth-order valence-corrected chi connectivity index (χ4v) is 4.05. The number of rotatable bonds is 4. The number of hydrogen-bond donors (Lipinski definition) is 1. The SMILES string of the molecule is Cc1c(Cc2ccccc2)c(=O)oc2c3c(ccc12)OC[NH+](Cc1ccco1)C3. The van der Waals surface area contributed by atoms with Crippen LogP contribution in [0.5, 0.6) is 5.75 Å². The summed E-state index contributed by atoms with van der Waals surface area (Å²) in [7, 11) is 0. The van der Waals surface area contributed by atoms with Crippen LogP contribution in [-0.4, -0.2) is 6.73 Å². The van der Waals surface area contributed by atoms with E-state index in [9.17, 15) is 4.79 Å². The van der Waals surface area contributed by atoms with E-state index >= 15 is 0 Å². The Hall–Kier alpha value is -3.31. The highest BCUT2D eigenvalue weighted by Gasteiger charge is 2.26. The van der Waals surface area contributed by atoms with Gasteiger partial charge in [0.25, 0.3) is 0 Å². The van der Waals surface area contributed by atoms with Gasteiger partial charge in [-0.3, -0.25) is 4.90 Å². The van der Waals surface area contributed by atoms with Crippen LogP contribution in [0.1, 0.15) is 28.0 Å². The molecule has 0 spiro atoms. The summed E-state index contributed by atoms with van der Waals surface area (Å²) in [6.07, 6.45) is 2.24. The Bertz CT molecular complexity index is 1210. The predicted molar refractivity (Wildman–Crippen MR) is 109 cm³/mol. The molecule has 3 heterocycles. The van der Waals surface area contributed by atoms with E-state index in [0.717, 1.165) is 40.1 Å². The average molecular weight is 388 g/mol. The summed E-state index contributed by atoms with van der Waals surface area (Å²) >= 11 is 0. The maximum Gasteiger partial charge on any atom is 0.340 e. The molecule has 5 nitrogen and oxygen atoms in total. The Balaban J connectivity index is 1.54. The van der Waals surface area contributed by atoms with Crippen LogP contribution in [0.2, 0.25) is 0 Å². The zero-order valence-corrected chi connectivity index (χ0v) is 16.2. The molecule has 0 radical (unpaired) electrons. The van der Waals surface area contributed by atoms with Gasteiger partial charge < -0.3 is 13.6 Å². The number of quaternary nitrogens is 1. The molecule has 0 amide bonds. The van der Waals surface area contributed by atoms with Crippen molar-refractivity contribution in [1.82, 2.24) is 0 Å². The van der Waals surface area contributed by atoms with E-state index in [4.69, 9.17) is 13.6 Å². The van der Waals surface area contributed by atoms with E-state index < -0.39 is 0 Å². The van der Waals surface area contributed by atoms with Gasteiger partial charge in [-0.25, -0.2) is 4.79 Å². The molecule has 4 aromatic rings. The molecule has 0 saturated heterocycles. The lowest BCUT2D eigenvalue weighted by atomic mass is 9.98. The minimum Gasteiger partial charge on any atom is -0.463 e. The van der Waals surface area contributed by atoms with Crippen molar-refractivity contribution in [3.8, 4) is 5.75 Å². The van der Waals surface area contributed by atoms with Crippen LogP contribution in [0.4, 0.5) is 0 Å². The van der Waals surface area contributed by atoms with Gasteiger partial charge in [-0.05, 0) is 42.3 Å². The highest BCUT2D eigenvalue weighted by Crippen LogP contribution is 2.31. The molecule has 1 aliphatic rings. The molecule has 29 heavy (non-hydrogen) atoms. The number of benzene rings is 2. The topological polar surface area (TPSA) is 57.0 Å². The van der Waals surface area contributed by atoms with Crippen molar-refractivity contribution >= 4 is 11.0 Å². The van der Waals surface area contributed by atoms with Gasteiger partial charge in [-0.2, -0.15) is 0 Å². The molecule has 1 aliphatic heterocycles. The first-order valence-corrected chi connectivity index (χ1v) is 9.80. The number of nitrogens with one attached hydrogen (secondary N) is 1. The van der Waals surface area contributed by atoms with Crippen LogP contribution in [0.15, 0.2) is 74.5 Å². The minimum absolute atomic E-state index is 0.273. The molecule has 1 atom stereocenters. The molecule has 2 aromatic carbocycles. The molecule has 0 saturated carbocycles. The fourth-order valence-electron chi connectivity index (χ4n) is 4.05. The number of furan rings is 1. The molecule has 0 aliphatic carbocycles. The van der Waals surface area contributed by atoms with E-state index in [-0.39, 0.29) is 5.63 Å². The Labute approximate surface area is 168 Å². The zero-order chi connectivity index (χ0) is 19.8. The number of hydrogen-bond acceptors (Lipinski definition) is 4. The summed E-state index contributed by atoms with van der Waals surface area (Å²) in [5.74, 6) is 1.70. The molecule has 5 rings (SSSR count). The van der Waals surface area contributed by atoms with Gasteiger partial charge in [0, 0.05) is 17.4 Å². The van der Waals surface area contributed by atoms with Crippen LogP contribution in [0.25, 0.3) is 11.0 Å². The average Bonchev–Trinajstić information content (AvgIpc) is 3.25. The lowest BCUT2D eigenvalue weighted by Gasteiger charge is -2.26. The molecule has 0 bridgehead atoms. The third-order valence-electron chi connectivity index (χ3n) is 5.60. The molecule has 0 fully saturated rings. The quantitative estimate of drug-likeness (QED) is 0.546. The standard InChI is InChI=1S/C24H21NO4/c1-16-19-9-10-22-21(14-25(15-28-22)13-18-8-5-11-27-18)23(19)29-24(26)20(16)12-17-6-3-2-4-7-17/h2-11H,12-15H2,1H3/p+1. The van der Waals surface area contributed by atoms with Crippen molar-refractivity contribution in [2.24, 2.45) is 0 Å².